The molecule has 84 valence electrons. The van der Waals surface area contributed by atoms with E-state index in [0.717, 1.165) is 18.2 Å². The lowest BCUT2D eigenvalue weighted by Crippen LogP contribution is -2.31. The standard InChI is InChI=1S/C10H19N5/c1-7-3-4-8(5-7)9(11)6-10-12-14-15(2)13-10/h7-9H,3-6,11H2,1-2H3. The molecule has 0 amide bonds. The Morgan fingerprint density at radius 3 is 2.87 bits per heavy atom. The van der Waals surface area contributed by atoms with Gasteiger partial charge in [-0.2, -0.15) is 4.80 Å². The van der Waals surface area contributed by atoms with Crippen LogP contribution >= 0.6 is 0 Å². The summed E-state index contributed by atoms with van der Waals surface area (Å²) in [6, 6.07) is 0.194. The fraction of sp³-hybridized carbons (Fsp3) is 0.900. The molecule has 3 atom stereocenters. The van der Waals surface area contributed by atoms with Crippen molar-refractivity contribution < 1.29 is 0 Å². The van der Waals surface area contributed by atoms with Gasteiger partial charge in [0.05, 0.1) is 7.05 Å². The number of aromatic nitrogens is 4. The summed E-state index contributed by atoms with van der Waals surface area (Å²) in [6.07, 6.45) is 4.57. The van der Waals surface area contributed by atoms with Gasteiger partial charge in [-0.15, -0.1) is 10.2 Å². The van der Waals surface area contributed by atoms with E-state index in [1.54, 1.807) is 7.05 Å². The van der Waals surface area contributed by atoms with Gasteiger partial charge in [-0.25, -0.2) is 0 Å². The van der Waals surface area contributed by atoms with E-state index >= 15 is 0 Å². The number of aryl methyl sites for hydroxylation is 1. The van der Waals surface area contributed by atoms with E-state index in [1.807, 2.05) is 0 Å². The molecule has 2 N–H and O–H groups in total. The number of hydrogen-bond donors (Lipinski definition) is 1. The van der Waals surface area contributed by atoms with Crippen molar-refractivity contribution in [3.63, 3.8) is 0 Å². The molecule has 5 heteroatoms. The van der Waals surface area contributed by atoms with Crippen LogP contribution in [0.3, 0.4) is 0 Å². The first kappa shape index (κ1) is 10.5. The maximum Gasteiger partial charge on any atom is 0.176 e. The number of tetrazole rings is 1. The molecule has 0 saturated heterocycles. The summed E-state index contributed by atoms with van der Waals surface area (Å²) in [7, 11) is 1.78. The lowest BCUT2D eigenvalue weighted by molar-refractivity contribution is 0.409. The highest BCUT2D eigenvalue weighted by Gasteiger charge is 2.27. The Hall–Kier alpha value is -0.970. The predicted octanol–water partition coefficient (Wildman–Crippen LogP) is 0.516. The van der Waals surface area contributed by atoms with Crippen LogP contribution in [-0.2, 0) is 13.5 Å². The van der Waals surface area contributed by atoms with E-state index in [1.165, 1.54) is 24.1 Å². The van der Waals surface area contributed by atoms with Crippen molar-refractivity contribution in [1.29, 1.82) is 0 Å². The molecule has 1 fully saturated rings. The first-order valence-electron chi connectivity index (χ1n) is 5.63. The summed E-state index contributed by atoms with van der Waals surface area (Å²) in [6.45, 7) is 2.30. The molecule has 3 unspecified atom stereocenters. The van der Waals surface area contributed by atoms with E-state index in [9.17, 15) is 0 Å². The summed E-state index contributed by atoms with van der Waals surface area (Å²) in [5.74, 6) is 2.24. The third-order valence-corrected chi connectivity index (χ3v) is 3.31. The Labute approximate surface area is 90.0 Å². The van der Waals surface area contributed by atoms with Crippen molar-refractivity contribution >= 4 is 0 Å². The van der Waals surface area contributed by atoms with Crippen LogP contribution in [0.2, 0.25) is 0 Å². The highest BCUT2D eigenvalue weighted by Crippen LogP contribution is 2.32. The van der Waals surface area contributed by atoms with Gasteiger partial charge in [0, 0.05) is 12.5 Å². The molecule has 0 radical (unpaired) electrons. The van der Waals surface area contributed by atoms with Gasteiger partial charge in [0.25, 0.3) is 0 Å². The molecule has 15 heavy (non-hydrogen) atoms. The summed E-state index contributed by atoms with van der Waals surface area (Å²) in [5.41, 5.74) is 6.17. The molecule has 1 aromatic heterocycles. The van der Waals surface area contributed by atoms with Crippen LogP contribution in [0.5, 0.6) is 0 Å². The summed E-state index contributed by atoms with van der Waals surface area (Å²) in [4.78, 5) is 1.49. The van der Waals surface area contributed by atoms with Gasteiger partial charge >= 0.3 is 0 Å². The monoisotopic (exact) mass is 209 g/mol. The van der Waals surface area contributed by atoms with Gasteiger partial charge in [0.1, 0.15) is 0 Å². The zero-order valence-corrected chi connectivity index (χ0v) is 9.43. The van der Waals surface area contributed by atoms with Crippen molar-refractivity contribution in [3.8, 4) is 0 Å². The molecular weight excluding hydrogens is 190 g/mol. The van der Waals surface area contributed by atoms with Gasteiger partial charge in [-0.1, -0.05) is 13.3 Å². The average Bonchev–Trinajstić information content (AvgIpc) is 2.75. The molecular formula is C10H19N5. The fourth-order valence-electron chi connectivity index (χ4n) is 2.42. The van der Waals surface area contributed by atoms with Gasteiger partial charge < -0.3 is 5.73 Å². The largest absolute Gasteiger partial charge is 0.327 e. The minimum absolute atomic E-state index is 0.194. The first-order chi connectivity index (χ1) is 7.15. The zero-order valence-electron chi connectivity index (χ0n) is 9.43. The van der Waals surface area contributed by atoms with Gasteiger partial charge in [-0.3, -0.25) is 0 Å². The fourth-order valence-corrected chi connectivity index (χ4v) is 2.42. The third-order valence-electron chi connectivity index (χ3n) is 3.31. The maximum atomic E-state index is 6.17. The minimum Gasteiger partial charge on any atom is -0.327 e. The summed E-state index contributed by atoms with van der Waals surface area (Å²) in [5, 5.41) is 11.9. The number of nitrogens with zero attached hydrogens (tertiary/aromatic N) is 4. The van der Waals surface area contributed by atoms with Crippen molar-refractivity contribution in [1.82, 2.24) is 20.2 Å². The normalized spacial score (nSPS) is 28.2. The Morgan fingerprint density at radius 2 is 2.33 bits per heavy atom. The van der Waals surface area contributed by atoms with Crippen LogP contribution < -0.4 is 5.73 Å². The molecule has 1 aliphatic rings. The lowest BCUT2D eigenvalue weighted by Gasteiger charge is -2.17. The average molecular weight is 209 g/mol. The van der Waals surface area contributed by atoms with Crippen LogP contribution in [0, 0.1) is 11.8 Å². The van der Waals surface area contributed by atoms with Gasteiger partial charge in [0.15, 0.2) is 5.82 Å². The van der Waals surface area contributed by atoms with Crippen molar-refractivity contribution in [2.45, 2.75) is 38.6 Å². The molecule has 1 saturated carbocycles. The van der Waals surface area contributed by atoms with Crippen LogP contribution in [0.15, 0.2) is 0 Å². The molecule has 0 aromatic carbocycles. The second-order valence-electron chi connectivity index (χ2n) is 4.74. The molecule has 5 nitrogen and oxygen atoms in total. The van der Waals surface area contributed by atoms with Crippen molar-refractivity contribution in [3.05, 3.63) is 5.82 Å². The lowest BCUT2D eigenvalue weighted by atomic mass is 9.95. The third kappa shape index (κ3) is 2.53. The number of hydrogen-bond acceptors (Lipinski definition) is 4. The van der Waals surface area contributed by atoms with Gasteiger partial charge in [0.2, 0.25) is 0 Å². The highest BCUT2D eigenvalue weighted by molar-refractivity contribution is 4.89. The quantitative estimate of drug-likeness (QED) is 0.787. The van der Waals surface area contributed by atoms with Crippen LogP contribution in [0.4, 0.5) is 0 Å². The molecule has 1 aromatic rings. The number of nitrogens with two attached hydrogens (primary N) is 1. The second-order valence-corrected chi connectivity index (χ2v) is 4.74. The van der Waals surface area contributed by atoms with Gasteiger partial charge in [-0.05, 0) is 29.9 Å². The molecule has 1 aliphatic carbocycles. The number of rotatable bonds is 3. The van der Waals surface area contributed by atoms with E-state index in [2.05, 4.69) is 22.3 Å². The van der Waals surface area contributed by atoms with Crippen LogP contribution in [0.1, 0.15) is 32.0 Å². The topological polar surface area (TPSA) is 69.6 Å². The summed E-state index contributed by atoms with van der Waals surface area (Å²) >= 11 is 0. The second kappa shape index (κ2) is 4.26. The first-order valence-corrected chi connectivity index (χ1v) is 5.63. The Morgan fingerprint density at radius 1 is 1.53 bits per heavy atom. The van der Waals surface area contributed by atoms with E-state index < -0.39 is 0 Å². The highest BCUT2D eigenvalue weighted by atomic mass is 15.6. The molecule has 0 bridgehead atoms. The van der Waals surface area contributed by atoms with E-state index in [0.29, 0.717) is 5.92 Å². The molecule has 0 aliphatic heterocycles. The maximum absolute atomic E-state index is 6.17. The van der Waals surface area contributed by atoms with E-state index in [-0.39, 0.29) is 6.04 Å². The summed E-state index contributed by atoms with van der Waals surface area (Å²) < 4.78 is 0. The SMILES string of the molecule is CC1CCC(C(N)Cc2nnn(C)n2)C1. The zero-order chi connectivity index (χ0) is 10.8. The van der Waals surface area contributed by atoms with E-state index in [4.69, 9.17) is 5.73 Å². The smallest absolute Gasteiger partial charge is 0.176 e. The molecule has 1 heterocycles. The van der Waals surface area contributed by atoms with Crippen molar-refractivity contribution in [2.75, 3.05) is 0 Å². The van der Waals surface area contributed by atoms with Crippen LogP contribution in [-0.4, -0.2) is 26.2 Å². The Balaban J connectivity index is 1.89. The van der Waals surface area contributed by atoms with Crippen molar-refractivity contribution in [2.24, 2.45) is 24.6 Å². The Kier molecular flexibility index (Phi) is 3.00. The molecule has 0 spiro atoms. The Bertz CT molecular complexity index is 321. The molecule has 2 rings (SSSR count). The minimum atomic E-state index is 0.194. The van der Waals surface area contributed by atoms with Crippen LogP contribution in [0.25, 0.3) is 0 Å². The predicted molar refractivity (Wildman–Crippen MR) is 57.0 cm³/mol.